The Labute approximate surface area is 180 Å². The maximum atomic E-state index is 13.4. The monoisotopic (exact) mass is 486 g/mol. The average molecular weight is 487 g/mol. The summed E-state index contributed by atoms with van der Waals surface area (Å²) in [6.45, 7) is 4.44. The molecule has 1 N–H and O–H groups in total. The van der Waals surface area contributed by atoms with Gasteiger partial charge < -0.3 is 9.64 Å². The van der Waals surface area contributed by atoms with Crippen molar-refractivity contribution in [2.75, 3.05) is 6.26 Å². The predicted octanol–water partition coefficient (Wildman–Crippen LogP) is 2.24. The Morgan fingerprint density at radius 2 is 1.97 bits per heavy atom. The van der Waals surface area contributed by atoms with Gasteiger partial charge in [-0.3, -0.25) is 9.59 Å². The molecule has 1 saturated carbocycles. The highest BCUT2D eigenvalue weighted by Gasteiger charge is 2.55. The molecule has 2 atom stereocenters. The highest BCUT2D eigenvalue weighted by atomic mass is 79.9. The molecule has 1 aromatic rings. The number of carbonyl (C=O) groups is 2. The van der Waals surface area contributed by atoms with E-state index in [1.807, 2.05) is 24.3 Å². The molecule has 1 amide bonds. The molecule has 2 unspecified atom stereocenters. The van der Waals surface area contributed by atoms with E-state index in [2.05, 4.69) is 20.7 Å². The molecule has 29 heavy (non-hydrogen) atoms. The molecular weight excluding hydrogens is 460 g/mol. The Hall–Kier alpha value is -1.45. The topological polar surface area (TPSA) is 92.8 Å². The number of esters is 1. The minimum Gasteiger partial charge on any atom is -0.450 e. The fraction of sp³-hybridized carbons (Fsp3) is 0.600. The van der Waals surface area contributed by atoms with Gasteiger partial charge in [-0.2, -0.15) is 0 Å². The van der Waals surface area contributed by atoms with Crippen LogP contribution in [0, 0.1) is 5.92 Å². The summed E-state index contributed by atoms with van der Waals surface area (Å²) >= 11 is 3.46. The minimum absolute atomic E-state index is 0.0251. The standard InChI is InChI=1S/C20H27BrN2O5S/c1-12(24)28-20(2,3)19(25)23-16-10-14(11-16)18(22-29(4,26)27)17(23)9-13-6-5-7-15(21)8-13/h5-8,14,16-18,22H,9-11H2,1-4H3. The van der Waals surface area contributed by atoms with Gasteiger partial charge in [-0.05, 0) is 56.7 Å². The smallest absolute Gasteiger partial charge is 0.303 e. The van der Waals surface area contributed by atoms with E-state index in [0.717, 1.165) is 29.1 Å². The Kier molecular flexibility index (Phi) is 6.13. The van der Waals surface area contributed by atoms with Gasteiger partial charge in [0.05, 0.1) is 12.3 Å². The zero-order valence-electron chi connectivity index (χ0n) is 17.0. The summed E-state index contributed by atoms with van der Waals surface area (Å²) in [5.74, 6) is -0.634. The fourth-order valence-corrected chi connectivity index (χ4v) is 5.78. The zero-order chi connectivity index (χ0) is 21.6. The van der Waals surface area contributed by atoms with E-state index in [4.69, 9.17) is 4.74 Å². The molecule has 3 fully saturated rings. The number of hydrogen-bond acceptors (Lipinski definition) is 5. The van der Waals surface area contributed by atoms with Crippen LogP contribution in [0.3, 0.4) is 0 Å². The van der Waals surface area contributed by atoms with Crippen LogP contribution in [0.15, 0.2) is 28.7 Å². The number of carbonyl (C=O) groups excluding carboxylic acids is 2. The number of sulfonamides is 1. The van der Waals surface area contributed by atoms with Gasteiger partial charge in [-0.25, -0.2) is 13.1 Å². The first-order valence-corrected chi connectivity index (χ1v) is 12.3. The molecule has 1 aromatic carbocycles. The number of hydrogen-bond donors (Lipinski definition) is 1. The fourth-order valence-electron chi connectivity index (χ4n) is 4.49. The minimum atomic E-state index is -3.45. The van der Waals surface area contributed by atoms with Crippen LogP contribution in [-0.2, 0) is 30.8 Å². The van der Waals surface area contributed by atoms with Crippen molar-refractivity contribution in [2.24, 2.45) is 5.92 Å². The van der Waals surface area contributed by atoms with Crippen molar-refractivity contribution in [2.45, 2.75) is 63.8 Å². The van der Waals surface area contributed by atoms with Crippen molar-refractivity contribution in [3.63, 3.8) is 0 Å². The third-order valence-corrected chi connectivity index (χ3v) is 6.85. The highest BCUT2D eigenvalue weighted by Crippen LogP contribution is 2.45. The lowest BCUT2D eigenvalue weighted by Crippen LogP contribution is -2.72. The molecule has 1 aliphatic carbocycles. The Balaban J connectivity index is 1.97. The van der Waals surface area contributed by atoms with Gasteiger partial charge in [0.2, 0.25) is 10.0 Å². The normalized spacial score (nSPS) is 26.6. The molecule has 0 aromatic heterocycles. The average Bonchev–Trinajstić information content (AvgIpc) is 2.51. The third-order valence-electron chi connectivity index (χ3n) is 5.66. The van der Waals surface area contributed by atoms with E-state index in [9.17, 15) is 18.0 Å². The molecule has 3 aliphatic rings. The van der Waals surface area contributed by atoms with E-state index < -0.39 is 21.6 Å². The van der Waals surface area contributed by atoms with Crippen LogP contribution >= 0.6 is 15.9 Å². The Morgan fingerprint density at radius 1 is 1.31 bits per heavy atom. The molecular formula is C20H27BrN2O5S. The van der Waals surface area contributed by atoms with Crippen LogP contribution in [0.5, 0.6) is 0 Å². The first-order valence-electron chi connectivity index (χ1n) is 9.61. The van der Waals surface area contributed by atoms with Gasteiger partial charge in [-0.15, -0.1) is 0 Å². The molecule has 2 heterocycles. The van der Waals surface area contributed by atoms with Crippen LogP contribution < -0.4 is 4.72 Å². The van der Waals surface area contributed by atoms with Gasteiger partial charge in [0.15, 0.2) is 5.60 Å². The molecule has 2 aliphatic heterocycles. The lowest BCUT2D eigenvalue weighted by molar-refractivity contribution is -0.179. The van der Waals surface area contributed by atoms with Crippen LogP contribution in [0.4, 0.5) is 0 Å². The van der Waals surface area contributed by atoms with Crippen molar-refractivity contribution >= 4 is 37.8 Å². The second-order valence-corrected chi connectivity index (χ2v) is 11.2. The number of benzene rings is 1. The summed E-state index contributed by atoms with van der Waals surface area (Å²) in [5, 5.41) is 0. The van der Waals surface area contributed by atoms with Crippen molar-refractivity contribution in [1.82, 2.24) is 9.62 Å². The number of rotatable bonds is 6. The molecule has 7 nitrogen and oxygen atoms in total. The van der Waals surface area contributed by atoms with E-state index in [-0.39, 0.29) is 30.0 Å². The van der Waals surface area contributed by atoms with Gasteiger partial charge in [0, 0.05) is 23.5 Å². The summed E-state index contributed by atoms with van der Waals surface area (Å²) < 4.78 is 33.1. The number of ether oxygens (including phenoxy) is 1. The second-order valence-electron chi connectivity index (χ2n) is 8.52. The Morgan fingerprint density at radius 3 is 2.52 bits per heavy atom. The predicted molar refractivity (Wildman–Crippen MR) is 113 cm³/mol. The first-order chi connectivity index (χ1) is 13.4. The van der Waals surface area contributed by atoms with Gasteiger partial charge in [-0.1, -0.05) is 28.1 Å². The molecule has 160 valence electrons. The van der Waals surface area contributed by atoms with Crippen molar-refractivity contribution < 1.29 is 22.7 Å². The molecule has 2 saturated heterocycles. The zero-order valence-corrected chi connectivity index (χ0v) is 19.4. The number of nitrogens with zero attached hydrogens (tertiary/aromatic N) is 1. The van der Waals surface area contributed by atoms with Crippen LogP contribution in [0.2, 0.25) is 0 Å². The number of piperidine rings is 2. The summed E-state index contributed by atoms with van der Waals surface area (Å²) in [4.78, 5) is 26.7. The lowest BCUT2D eigenvalue weighted by Gasteiger charge is -2.59. The second kappa shape index (κ2) is 8.00. The quantitative estimate of drug-likeness (QED) is 0.622. The molecule has 0 spiro atoms. The maximum absolute atomic E-state index is 13.4. The number of nitrogens with one attached hydrogen (secondary N) is 1. The van der Waals surface area contributed by atoms with Crippen LogP contribution in [-0.4, -0.2) is 55.2 Å². The summed E-state index contributed by atoms with van der Waals surface area (Å²) in [7, 11) is -3.45. The number of amides is 1. The van der Waals surface area contributed by atoms with Crippen LogP contribution in [0.25, 0.3) is 0 Å². The van der Waals surface area contributed by atoms with E-state index >= 15 is 0 Å². The number of fused-ring (bicyclic) bond motifs is 2. The summed E-state index contributed by atoms with van der Waals surface area (Å²) in [5.41, 5.74) is -0.326. The molecule has 9 heteroatoms. The molecule has 0 radical (unpaired) electrons. The SMILES string of the molecule is CC(=O)OC(C)(C)C(=O)N1C2CC(C2)C(NS(C)(=O)=O)C1Cc1cccc(Br)c1. The van der Waals surface area contributed by atoms with Crippen molar-refractivity contribution in [3.8, 4) is 0 Å². The van der Waals surface area contributed by atoms with E-state index in [0.29, 0.717) is 6.42 Å². The van der Waals surface area contributed by atoms with Crippen molar-refractivity contribution in [1.29, 1.82) is 0 Å². The first kappa shape index (κ1) is 22.2. The van der Waals surface area contributed by atoms with E-state index in [1.165, 1.54) is 6.92 Å². The van der Waals surface area contributed by atoms with E-state index in [1.54, 1.807) is 18.7 Å². The summed E-state index contributed by atoms with van der Waals surface area (Å²) in [6, 6.07) is 7.04. The number of halogens is 1. The molecule has 2 bridgehead atoms. The summed E-state index contributed by atoms with van der Waals surface area (Å²) in [6.07, 6.45) is 3.12. The van der Waals surface area contributed by atoms with Gasteiger partial charge >= 0.3 is 5.97 Å². The lowest BCUT2D eigenvalue weighted by atomic mass is 9.66. The van der Waals surface area contributed by atoms with Gasteiger partial charge in [0.25, 0.3) is 5.91 Å². The maximum Gasteiger partial charge on any atom is 0.303 e. The third kappa shape index (κ3) is 5.00. The largest absolute Gasteiger partial charge is 0.450 e. The molecule has 4 rings (SSSR count). The van der Waals surface area contributed by atoms with Gasteiger partial charge in [0.1, 0.15) is 0 Å². The Bertz CT molecular complexity index is 911. The van der Waals surface area contributed by atoms with Crippen LogP contribution in [0.1, 0.15) is 39.2 Å². The van der Waals surface area contributed by atoms with Crippen molar-refractivity contribution in [3.05, 3.63) is 34.3 Å². The highest BCUT2D eigenvalue weighted by molar-refractivity contribution is 9.10.